The summed E-state index contributed by atoms with van der Waals surface area (Å²) in [4.78, 5) is 12.2. The Labute approximate surface area is 190 Å². The number of carbonyl (C=O) groups is 1. The van der Waals surface area contributed by atoms with Gasteiger partial charge < -0.3 is 10.1 Å². The van der Waals surface area contributed by atoms with Gasteiger partial charge in [-0.05, 0) is 76.7 Å². The molecule has 8 heteroatoms. The smallest absolute Gasteiger partial charge is 0.262 e. The Hall–Kier alpha value is -2.43. The average Bonchev–Trinajstić information content (AvgIpc) is 2.75. The second-order valence-corrected chi connectivity index (χ2v) is 9.85. The molecular weight excluding hydrogens is 515 g/mol. The number of halogens is 1. The van der Waals surface area contributed by atoms with Gasteiger partial charge in [-0.15, -0.1) is 0 Å². The van der Waals surface area contributed by atoms with Crippen LogP contribution in [-0.2, 0) is 21.4 Å². The number of carbonyl (C=O) groups excluding carboxylic acids is 1. The summed E-state index contributed by atoms with van der Waals surface area (Å²) in [5, 5.41) is 2.74. The predicted molar refractivity (Wildman–Crippen MR) is 125 cm³/mol. The fraction of sp³-hybridized carbons (Fsp3) is 0.136. The summed E-state index contributed by atoms with van der Waals surface area (Å²) in [7, 11) is -2.09. The molecule has 0 aliphatic carbocycles. The Kier molecular flexibility index (Phi) is 7.46. The molecule has 3 rings (SSSR count). The maximum atomic E-state index is 12.8. The molecule has 0 spiro atoms. The normalized spacial score (nSPS) is 11.3. The topological polar surface area (TPSA) is 75.7 Å². The molecule has 0 saturated heterocycles. The highest BCUT2D eigenvalue weighted by Crippen LogP contribution is 2.20. The number of hydrogen-bond acceptors (Lipinski definition) is 4. The SMILES string of the molecule is CN(Cc1ccccc1)S(=O)(=O)c1ccc(OCC(=O)Nc2ccc(I)cc2)cc1. The first-order valence-corrected chi connectivity index (χ1v) is 11.6. The molecule has 0 unspecified atom stereocenters. The summed E-state index contributed by atoms with van der Waals surface area (Å²) in [6, 6.07) is 22.8. The minimum atomic E-state index is -3.63. The van der Waals surface area contributed by atoms with Crippen LogP contribution < -0.4 is 10.1 Å². The fourth-order valence-electron chi connectivity index (χ4n) is 2.69. The first kappa shape index (κ1) is 22.3. The van der Waals surface area contributed by atoms with E-state index in [1.54, 1.807) is 19.2 Å². The van der Waals surface area contributed by atoms with Crippen molar-refractivity contribution in [2.24, 2.45) is 0 Å². The summed E-state index contributed by atoms with van der Waals surface area (Å²) in [5.74, 6) is 0.118. The number of nitrogens with zero attached hydrogens (tertiary/aromatic N) is 1. The van der Waals surface area contributed by atoms with Crippen LogP contribution in [0.25, 0.3) is 0 Å². The molecule has 0 heterocycles. The van der Waals surface area contributed by atoms with E-state index >= 15 is 0 Å². The molecule has 0 radical (unpaired) electrons. The minimum absolute atomic E-state index is 0.164. The molecule has 0 aliphatic heterocycles. The van der Waals surface area contributed by atoms with E-state index in [-0.39, 0.29) is 24.0 Å². The lowest BCUT2D eigenvalue weighted by atomic mass is 10.2. The van der Waals surface area contributed by atoms with Crippen molar-refractivity contribution in [1.29, 1.82) is 0 Å². The zero-order chi connectivity index (χ0) is 21.6. The Morgan fingerprint density at radius 1 is 0.967 bits per heavy atom. The minimum Gasteiger partial charge on any atom is -0.484 e. The molecule has 0 aromatic heterocycles. The van der Waals surface area contributed by atoms with Crippen molar-refractivity contribution < 1.29 is 17.9 Å². The van der Waals surface area contributed by atoms with Crippen molar-refractivity contribution in [2.75, 3.05) is 19.0 Å². The highest BCUT2D eigenvalue weighted by atomic mass is 127. The number of ether oxygens (including phenoxy) is 1. The van der Waals surface area contributed by atoms with Gasteiger partial charge in [-0.25, -0.2) is 8.42 Å². The number of hydrogen-bond donors (Lipinski definition) is 1. The van der Waals surface area contributed by atoms with Crippen LogP contribution in [0.5, 0.6) is 5.75 Å². The molecule has 1 amide bonds. The number of sulfonamides is 1. The lowest BCUT2D eigenvalue weighted by Crippen LogP contribution is -2.26. The molecule has 0 saturated carbocycles. The third-order valence-electron chi connectivity index (χ3n) is 4.28. The van der Waals surface area contributed by atoms with E-state index in [4.69, 9.17) is 4.74 Å². The Balaban J connectivity index is 1.57. The Bertz CT molecular complexity index is 1090. The zero-order valence-electron chi connectivity index (χ0n) is 16.3. The van der Waals surface area contributed by atoms with Crippen LogP contribution in [0.1, 0.15) is 5.56 Å². The number of benzene rings is 3. The van der Waals surface area contributed by atoms with Crippen LogP contribution in [0, 0.1) is 3.57 Å². The van der Waals surface area contributed by atoms with Gasteiger partial charge in [0.05, 0.1) is 4.90 Å². The molecule has 156 valence electrons. The molecule has 3 aromatic carbocycles. The van der Waals surface area contributed by atoms with Crippen molar-refractivity contribution in [1.82, 2.24) is 4.31 Å². The van der Waals surface area contributed by atoms with Gasteiger partial charge in [-0.3, -0.25) is 4.79 Å². The second kappa shape index (κ2) is 10.1. The molecule has 0 aliphatic rings. The van der Waals surface area contributed by atoms with Crippen LogP contribution >= 0.6 is 22.6 Å². The summed E-state index contributed by atoms with van der Waals surface area (Å²) in [6.45, 7) is 0.103. The largest absolute Gasteiger partial charge is 0.484 e. The highest BCUT2D eigenvalue weighted by Gasteiger charge is 2.21. The van der Waals surface area contributed by atoms with E-state index in [0.29, 0.717) is 11.4 Å². The average molecular weight is 536 g/mol. The van der Waals surface area contributed by atoms with Gasteiger partial charge in [0.15, 0.2) is 6.61 Å². The standard InChI is InChI=1S/C22H21IN2O4S/c1-25(15-17-5-3-2-4-6-17)30(27,28)21-13-11-20(12-14-21)29-16-22(26)24-19-9-7-18(23)8-10-19/h2-14H,15-16H2,1H3,(H,24,26). The summed E-state index contributed by atoms with van der Waals surface area (Å²) in [6.07, 6.45) is 0. The van der Waals surface area contributed by atoms with E-state index in [1.165, 1.54) is 16.4 Å². The number of nitrogens with one attached hydrogen (secondary N) is 1. The molecule has 0 atom stereocenters. The zero-order valence-corrected chi connectivity index (χ0v) is 19.3. The summed E-state index contributed by atoms with van der Waals surface area (Å²) in [5.41, 5.74) is 1.59. The van der Waals surface area contributed by atoms with E-state index in [2.05, 4.69) is 27.9 Å². The summed E-state index contributed by atoms with van der Waals surface area (Å²) < 4.78 is 33.4. The van der Waals surface area contributed by atoms with Crippen molar-refractivity contribution in [3.05, 3.63) is 88.0 Å². The number of amides is 1. The van der Waals surface area contributed by atoms with Crippen LogP contribution in [0.15, 0.2) is 83.8 Å². The maximum Gasteiger partial charge on any atom is 0.262 e. The first-order valence-electron chi connectivity index (χ1n) is 9.13. The van der Waals surface area contributed by atoms with E-state index < -0.39 is 10.0 Å². The van der Waals surface area contributed by atoms with Crippen LogP contribution in [0.3, 0.4) is 0 Å². The number of anilines is 1. The third kappa shape index (κ3) is 6.04. The van der Waals surface area contributed by atoms with E-state index in [9.17, 15) is 13.2 Å². The number of rotatable bonds is 8. The second-order valence-electron chi connectivity index (χ2n) is 6.56. The fourth-order valence-corrected chi connectivity index (χ4v) is 4.21. The maximum absolute atomic E-state index is 12.8. The molecule has 0 fully saturated rings. The van der Waals surface area contributed by atoms with Crippen molar-refractivity contribution in [2.45, 2.75) is 11.4 Å². The van der Waals surface area contributed by atoms with Gasteiger partial charge in [-0.1, -0.05) is 30.3 Å². The monoisotopic (exact) mass is 536 g/mol. The molecule has 6 nitrogen and oxygen atoms in total. The van der Waals surface area contributed by atoms with Crippen LogP contribution in [0.2, 0.25) is 0 Å². The molecule has 3 aromatic rings. The summed E-state index contributed by atoms with van der Waals surface area (Å²) >= 11 is 2.19. The van der Waals surface area contributed by atoms with E-state index in [1.807, 2.05) is 54.6 Å². The van der Waals surface area contributed by atoms with Crippen molar-refractivity contribution >= 4 is 44.2 Å². The van der Waals surface area contributed by atoms with Gasteiger partial charge >= 0.3 is 0 Å². The molecule has 30 heavy (non-hydrogen) atoms. The van der Waals surface area contributed by atoms with Crippen LogP contribution in [-0.4, -0.2) is 32.3 Å². The first-order chi connectivity index (χ1) is 14.3. The third-order valence-corrected chi connectivity index (χ3v) is 6.81. The predicted octanol–water partition coefficient (Wildman–Crippen LogP) is 4.13. The lowest BCUT2D eigenvalue weighted by molar-refractivity contribution is -0.118. The van der Waals surface area contributed by atoms with Gasteiger partial charge in [-0.2, -0.15) is 4.31 Å². The van der Waals surface area contributed by atoms with Gasteiger partial charge in [0.2, 0.25) is 10.0 Å². The van der Waals surface area contributed by atoms with E-state index in [0.717, 1.165) is 9.13 Å². The van der Waals surface area contributed by atoms with Crippen molar-refractivity contribution in [3.63, 3.8) is 0 Å². The van der Waals surface area contributed by atoms with Crippen LogP contribution in [0.4, 0.5) is 5.69 Å². The van der Waals surface area contributed by atoms with Gasteiger partial charge in [0.1, 0.15) is 5.75 Å². The van der Waals surface area contributed by atoms with Crippen molar-refractivity contribution in [3.8, 4) is 5.75 Å². The van der Waals surface area contributed by atoms with Gasteiger partial charge in [0.25, 0.3) is 5.91 Å². The molecular formula is C22H21IN2O4S. The molecule has 0 bridgehead atoms. The Morgan fingerprint density at radius 2 is 1.60 bits per heavy atom. The highest BCUT2D eigenvalue weighted by molar-refractivity contribution is 14.1. The van der Waals surface area contributed by atoms with Gasteiger partial charge in [0, 0.05) is 22.8 Å². The lowest BCUT2D eigenvalue weighted by Gasteiger charge is -2.17. The Morgan fingerprint density at radius 3 is 2.23 bits per heavy atom. The molecule has 1 N–H and O–H groups in total. The quantitative estimate of drug-likeness (QED) is 0.440.